The van der Waals surface area contributed by atoms with E-state index in [1.54, 1.807) is 6.92 Å². The zero-order chi connectivity index (χ0) is 23.6. The summed E-state index contributed by atoms with van der Waals surface area (Å²) in [6.07, 6.45) is -0.840. The van der Waals surface area contributed by atoms with Gasteiger partial charge in [-0.1, -0.05) is 29.5 Å². The largest absolute Gasteiger partial charge is 0.458 e. The lowest BCUT2D eigenvalue weighted by atomic mass is 9.81. The first-order chi connectivity index (χ1) is 14.0. The van der Waals surface area contributed by atoms with Gasteiger partial charge in [0.25, 0.3) is 0 Å². The molecule has 0 spiro atoms. The lowest BCUT2D eigenvalue weighted by molar-refractivity contribution is -0.177. The molecule has 10 heteroatoms. The standard InChI is InChI=1S/C21H27IO9/c1-7-20(6,22)15(23)30-12-10-8-21(14(28-10)13(12)31-17(21)25)16(24)29-11(19(4,5)27)9-18(2,3)26/h11,26-27H,7-9H2,1-6H3. The first-order valence-corrected chi connectivity index (χ1v) is 11.1. The highest BCUT2D eigenvalue weighted by atomic mass is 127. The van der Waals surface area contributed by atoms with Crippen molar-refractivity contribution in [2.45, 2.75) is 86.9 Å². The van der Waals surface area contributed by atoms with Gasteiger partial charge >= 0.3 is 17.9 Å². The molecule has 2 aliphatic rings. The van der Waals surface area contributed by atoms with E-state index in [-0.39, 0.29) is 35.9 Å². The molecule has 1 aromatic rings. The normalized spacial score (nSPS) is 22.7. The van der Waals surface area contributed by atoms with Crippen LogP contribution in [0.25, 0.3) is 0 Å². The molecule has 9 nitrogen and oxygen atoms in total. The maximum atomic E-state index is 13.1. The predicted molar refractivity (Wildman–Crippen MR) is 115 cm³/mol. The van der Waals surface area contributed by atoms with E-state index in [4.69, 9.17) is 18.6 Å². The van der Waals surface area contributed by atoms with Crippen LogP contribution in [-0.2, 0) is 31.0 Å². The molecule has 0 aliphatic carbocycles. The summed E-state index contributed by atoms with van der Waals surface area (Å²) in [6, 6.07) is 0. The molecular formula is C21H27IO9. The second kappa shape index (κ2) is 7.45. The van der Waals surface area contributed by atoms with Crippen LogP contribution >= 0.6 is 22.6 Å². The number of carbonyl (C=O) groups is 3. The van der Waals surface area contributed by atoms with Gasteiger partial charge in [-0.25, -0.2) is 4.79 Å². The van der Waals surface area contributed by atoms with Crippen LogP contribution < -0.4 is 9.47 Å². The number of furan rings is 1. The minimum absolute atomic E-state index is 0.00106. The third-order valence-corrected chi connectivity index (χ3v) is 6.81. The Morgan fingerprint density at radius 1 is 1.23 bits per heavy atom. The average molecular weight is 550 g/mol. The van der Waals surface area contributed by atoms with Crippen molar-refractivity contribution in [1.82, 2.24) is 0 Å². The van der Waals surface area contributed by atoms with Crippen molar-refractivity contribution >= 4 is 40.5 Å². The van der Waals surface area contributed by atoms with Crippen molar-refractivity contribution in [2.24, 2.45) is 0 Å². The lowest BCUT2D eigenvalue weighted by Gasteiger charge is -2.34. The quantitative estimate of drug-likeness (QED) is 0.217. The van der Waals surface area contributed by atoms with E-state index in [1.165, 1.54) is 27.7 Å². The van der Waals surface area contributed by atoms with Crippen LogP contribution in [0, 0.1) is 0 Å². The summed E-state index contributed by atoms with van der Waals surface area (Å²) < 4.78 is 21.0. The van der Waals surface area contributed by atoms with Crippen LogP contribution in [0.4, 0.5) is 0 Å². The predicted octanol–water partition coefficient (Wildman–Crippen LogP) is 2.35. The highest BCUT2D eigenvalue weighted by molar-refractivity contribution is 14.1. The monoisotopic (exact) mass is 550 g/mol. The topological polar surface area (TPSA) is 132 Å². The van der Waals surface area contributed by atoms with Crippen LogP contribution in [-0.4, -0.2) is 48.8 Å². The van der Waals surface area contributed by atoms with E-state index in [0.29, 0.717) is 6.42 Å². The number of rotatable bonds is 8. The molecule has 31 heavy (non-hydrogen) atoms. The van der Waals surface area contributed by atoms with Crippen molar-refractivity contribution in [3.63, 3.8) is 0 Å². The van der Waals surface area contributed by atoms with E-state index in [2.05, 4.69) is 0 Å². The number of esters is 3. The van der Waals surface area contributed by atoms with Gasteiger partial charge in [-0.3, -0.25) is 9.59 Å². The Balaban J connectivity index is 1.89. The molecule has 2 N–H and O–H groups in total. The summed E-state index contributed by atoms with van der Waals surface area (Å²) in [4.78, 5) is 38.3. The summed E-state index contributed by atoms with van der Waals surface area (Å²) in [5.41, 5.74) is -4.55. The molecule has 2 bridgehead atoms. The molecule has 0 saturated heterocycles. The van der Waals surface area contributed by atoms with Gasteiger partial charge in [0.15, 0.2) is 11.5 Å². The van der Waals surface area contributed by atoms with Crippen molar-refractivity contribution in [3.8, 4) is 11.5 Å². The van der Waals surface area contributed by atoms with E-state index in [0.717, 1.165) is 0 Å². The van der Waals surface area contributed by atoms with Crippen LogP contribution in [0.1, 0.15) is 65.9 Å². The molecule has 0 amide bonds. The zero-order valence-electron chi connectivity index (χ0n) is 18.3. The zero-order valence-corrected chi connectivity index (χ0v) is 20.5. The summed E-state index contributed by atoms with van der Waals surface area (Å²) in [5.74, 6) is -2.38. The van der Waals surface area contributed by atoms with Crippen LogP contribution in [0.5, 0.6) is 11.5 Å². The molecule has 0 radical (unpaired) electrons. The average Bonchev–Trinajstić information content (AvgIpc) is 3.21. The Morgan fingerprint density at radius 3 is 2.35 bits per heavy atom. The van der Waals surface area contributed by atoms with Gasteiger partial charge in [-0.05, 0) is 41.0 Å². The first-order valence-electron chi connectivity index (χ1n) is 9.98. The molecule has 3 unspecified atom stereocenters. The molecule has 1 aromatic heterocycles. The molecule has 3 atom stereocenters. The maximum Gasteiger partial charge on any atom is 0.337 e. The smallest absolute Gasteiger partial charge is 0.337 e. The van der Waals surface area contributed by atoms with E-state index in [9.17, 15) is 24.6 Å². The molecular weight excluding hydrogens is 523 g/mol. The number of hydrogen-bond donors (Lipinski definition) is 2. The third-order valence-electron chi connectivity index (χ3n) is 5.60. The number of aliphatic hydroxyl groups is 2. The third kappa shape index (κ3) is 4.09. The fourth-order valence-corrected chi connectivity index (χ4v) is 3.53. The van der Waals surface area contributed by atoms with Gasteiger partial charge in [-0.15, -0.1) is 0 Å². The summed E-state index contributed by atoms with van der Waals surface area (Å²) in [6.45, 7) is 9.48. The number of fused-ring (bicyclic) bond motifs is 1. The minimum atomic E-state index is -1.85. The van der Waals surface area contributed by atoms with Gasteiger partial charge in [0.1, 0.15) is 9.53 Å². The molecule has 3 heterocycles. The van der Waals surface area contributed by atoms with E-state index in [1.807, 2.05) is 29.5 Å². The molecule has 2 aliphatic heterocycles. The summed E-state index contributed by atoms with van der Waals surface area (Å²) in [7, 11) is 0. The number of halogens is 1. The summed E-state index contributed by atoms with van der Waals surface area (Å²) >= 11 is 1.98. The number of alkyl halides is 1. The Morgan fingerprint density at radius 2 is 1.84 bits per heavy atom. The van der Waals surface area contributed by atoms with Gasteiger partial charge in [0.05, 0.1) is 11.2 Å². The van der Waals surface area contributed by atoms with Crippen LogP contribution in [0.3, 0.4) is 0 Å². The van der Waals surface area contributed by atoms with Crippen molar-refractivity contribution < 1.29 is 43.2 Å². The van der Waals surface area contributed by atoms with Crippen molar-refractivity contribution in [2.75, 3.05) is 0 Å². The minimum Gasteiger partial charge on any atom is -0.458 e. The number of ether oxygens (including phenoxy) is 3. The van der Waals surface area contributed by atoms with Crippen molar-refractivity contribution in [1.29, 1.82) is 0 Å². The van der Waals surface area contributed by atoms with Gasteiger partial charge in [0.2, 0.25) is 16.9 Å². The lowest BCUT2D eigenvalue weighted by Crippen LogP contribution is -2.50. The molecule has 0 fully saturated rings. The Kier molecular flexibility index (Phi) is 5.76. The van der Waals surface area contributed by atoms with E-state index < -0.39 is 44.1 Å². The van der Waals surface area contributed by atoms with E-state index >= 15 is 0 Å². The molecule has 0 aromatic carbocycles. The SMILES string of the molecule is CCC(C)(I)C(=O)Oc1c2oc3c1OC(=O)C3(C(=O)OC(CC(C)(C)O)C(C)(C)O)C2. The fourth-order valence-electron chi connectivity index (χ4n) is 3.42. The first kappa shape index (κ1) is 24.0. The van der Waals surface area contributed by atoms with Gasteiger partial charge in [-0.2, -0.15) is 0 Å². The van der Waals surface area contributed by atoms with Crippen molar-refractivity contribution in [3.05, 3.63) is 11.5 Å². The Labute approximate surface area is 193 Å². The van der Waals surface area contributed by atoms with Crippen LogP contribution in [0.15, 0.2) is 4.42 Å². The Hall–Kier alpha value is -1.66. The summed E-state index contributed by atoms with van der Waals surface area (Å²) in [5, 5.41) is 20.6. The fraction of sp³-hybridized carbons (Fsp3) is 0.667. The second-order valence-electron chi connectivity index (χ2n) is 9.49. The molecule has 172 valence electrons. The molecule has 0 saturated carbocycles. The highest BCUT2D eigenvalue weighted by Crippen LogP contribution is 2.58. The van der Waals surface area contributed by atoms with Gasteiger partial charge < -0.3 is 28.8 Å². The second-order valence-corrected chi connectivity index (χ2v) is 11.9. The van der Waals surface area contributed by atoms with Crippen LogP contribution in [0.2, 0.25) is 0 Å². The Bertz CT molecular complexity index is 932. The highest BCUT2D eigenvalue weighted by Gasteiger charge is 2.67. The van der Waals surface area contributed by atoms with Gasteiger partial charge in [0, 0.05) is 12.8 Å². The number of carbonyl (C=O) groups excluding carboxylic acids is 3. The molecule has 3 rings (SSSR count). The number of hydrogen-bond acceptors (Lipinski definition) is 9. The maximum absolute atomic E-state index is 13.1.